The third kappa shape index (κ3) is 3.48. The Hall–Kier alpha value is -1.06. The Bertz CT molecular complexity index is 400. The molecule has 1 saturated heterocycles. The van der Waals surface area contributed by atoms with Gasteiger partial charge in [-0.2, -0.15) is 0 Å². The molecule has 0 bridgehead atoms. The van der Waals surface area contributed by atoms with Gasteiger partial charge in [0.15, 0.2) is 0 Å². The van der Waals surface area contributed by atoms with Crippen molar-refractivity contribution in [3.05, 3.63) is 29.8 Å². The highest BCUT2D eigenvalue weighted by atomic mass is 16.5. The average molecular weight is 261 g/mol. The molecular weight excluding hydrogens is 238 g/mol. The molecule has 0 amide bonds. The molecular formula is C16H23NO2. The van der Waals surface area contributed by atoms with Crippen LogP contribution in [0.25, 0.3) is 0 Å². The molecule has 1 aliphatic carbocycles. The third-order valence-electron chi connectivity index (χ3n) is 4.16. The van der Waals surface area contributed by atoms with Gasteiger partial charge in [-0.15, -0.1) is 0 Å². The van der Waals surface area contributed by atoms with Gasteiger partial charge in [-0.25, -0.2) is 0 Å². The van der Waals surface area contributed by atoms with E-state index in [-0.39, 0.29) is 0 Å². The fourth-order valence-electron chi connectivity index (χ4n) is 2.83. The number of benzene rings is 1. The summed E-state index contributed by atoms with van der Waals surface area (Å²) >= 11 is 0. The first kappa shape index (κ1) is 12.9. The fraction of sp³-hybridized carbons (Fsp3) is 0.625. The summed E-state index contributed by atoms with van der Waals surface area (Å²) < 4.78 is 10.9. The number of hydrogen-bond acceptors (Lipinski definition) is 3. The summed E-state index contributed by atoms with van der Waals surface area (Å²) in [4.78, 5) is 0. The van der Waals surface area contributed by atoms with E-state index in [1.54, 1.807) is 7.11 Å². The summed E-state index contributed by atoms with van der Waals surface area (Å²) in [6, 6.07) is 9.83. The van der Waals surface area contributed by atoms with Crippen molar-refractivity contribution in [3.8, 4) is 5.75 Å². The highest BCUT2D eigenvalue weighted by Crippen LogP contribution is 2.26. The molecule has 3 rings (SSSR count). The second-order valence-corrected chi connectivity index (χ2v) is 5.72. The second kappa shape index (κ2) is 5.93. The predicted octanol–water partition coefficient (Wildman–Crippen LogP) is 2.39. The van der Waals surface area contributed by atoms with E-state index in [0.717, 1.165) is 37.8 Å². The van der Waals surface area contributed by atoms with Gasteiger partial charge in [-0.05, 0) is 43.4 Å². The molecule has 1 aromatic carbocycles. The summed E-state index contributed by atoms with van der Waals surface area (Å²) in [5, 5.41) is 3.78. The van der Waals surface area contributed by atoms with Crippen LogP contribution in [0.2, 0.25) is 0 Å². The van der Waals surface area contributed by atoms with Crippen LogP contribution in [0.4, 0.5) is 0 Å². The fourth-order valence-corrected chi connectivity index (χ4v) is 2.83. The van der Waals surface area contributed by atoms with Crippen molar-refractivity contribution in [1.82, 2.24) is 5.32 Å². The predicted molar refractivity (Wildman–Crippen MR) is 75.6 cm³/mol. The van der Waals surface area contributed by atoms with Gasteiger partial charge in [0.1, 0.15) is 5.75 Å². The summed E-state index contributed by atoms with van der Waals surface area (Å²) in [5.41, 5.74) is 1.37. The van der Waals surface area contributed by atoms with Crippen molar-refractivity contribution < 1.29 is 9.47 Å². The van der Waals surface area contributed by atoms with E-state index in [1.807, 2.05) is 12.1 Å². The number of ether oxygens (including phenoxy) is 2. The van der Waals surface area contributed by atoms with Gasteiger partial charge < -0.3 is 14.8 Å². The van der Waals surface area contributed by atoms with Gasteiger partial charge in [-0.1, -0.05) is 12.1 Å². The first-order valence-corrected chi connectivity index (χ1v) is 7.32. The van der Waals surface area contributed by atoms with Gasteiger partial charge >= 0.3 is 0 Å². The van der Waals surface area contributed by atoms with Crippen LogP contribution in [-0.4, -0.2) is 32.4 Å². The topological polar surface area (TPSA) is 30.5 Å². The Labute approximate surface area is 115 Å². The molecule has 19 heavy (non-hydrogen) atoms. The Morgan fingerprint density at radius 1 is 1.21 bits per heavy atom. The average Bonchev–Trinajstić information content (AvgIpc) is 3.26. The summed E-state index contributed by atoms with van der Waals surface area (Å²) in [6.07, 6.45) is 4.95. The smallest absolute Gasteiger partial charge is 0.118 e. The molecule has 1 aliphatic heterocycles. The minimum absolute atomic E-state index is 0.600. The zero-order valence-corrected chi connectivity index (χ0v) is 11.6. The van der Waals surface area contributed by atoms with Crippen molar-refractivity contribution in [3.63, 3.8) is 0 Å². The van der Waals surface area contributed by atoms with Gasteiger partial charge in [-0.3, -0.25) is 0 Å². The summed E-state index contributed by atoms with van der Waals surface area (Å²) in [7, 11) is 1.71. The molecule has 2 atom stereocenters. The van der Waals surface area contributed by atoms with E-state index in [0.29, 0.717) is 12.0 Å². The van der Waals surface area contributed by atoms with Crippen molar-refractivity contribution in [2.75, 3.05) is 20.3 Å². The molecule has 104 valence electrons. The van der Waals surface area contributed by atoms with Crippen LogP contribution < -0.4 is 10.1 Å². The molecule has 2 fully saturated rings. The lowest BCUT2D eigenvalue weighted by Gasteiger charge is -2.32. The molecule has 3 heteroatoms. The lowest BCUT2D eigenvalue weighted by Crippen LogP contribution is -2.44. The molecule has 3 nitrogen and oxygen atoms in total. The van der Waals surface area contributed by atoms with Gasteiger partial charge in [0.05, 0.1) is 13.7 Å². The van der Waals surface area contributed by atoms with E-state index < -0.39 is 0 Å². The first-order valence-electron chi connectivity index (χ1n) is 7.32. The van der Waals surface area contributed by atoms with E-state index in [9.17, 15) is 0 Å². The van der Waals surface area contributed by atoms with Crippen molar-refractivity contribution in [2.45, 2.75) is 37.8 Å². The van der Waals surface area contributed by atoms with Crippen molar-refractivity contribution in [1.29, 1.82) is 0 Å². The molecule has 1 saturated carbocycles. The van der Waals surface area contributed by atoms with Crippen LogP contribution in [0.1, 0.15) is 24.8 Å². The molecule has 0 spiro atoms. The van der Waals surface area contributed by atoms with Crippen molar-refractivity contribution >= 4 is 0 Å². The number of rotatable bonds is 5. The number of hydrogen-bond donors (Lipinski definition) is 1. The molecule has 2 aliphatic rings. The van der Waals surface area contributed by atoms with Crippen molar-refractivity contribution in [2.24, 2.45) is 5.92 Å². The normalized spacial score (nSPS) is 27.2. The highest BCUT2D eigenvalue weighted by molar-refractivity contribution is 5.27. The zero-order chi connectivity index (χ0) is 13.1. The Kier molecular flexibility index (Phi) is 4.04. The van der Waals surface area contributed by atoms with Crippen LogP contribution in [-0.2, 0) is 11.2 Å². The molecule has 0 unspecified atom stereocenters. The standard InChI is InChI=1S/C16H23NO2/c1-18-15-6-2-12(3-7-15)10-13-11-19-9-8-16(13)17-14-4-5-14/h2-3,6-7,13-14,16-17H,4-5,8-11H2,1H3/t13-,16+/m0/s1. The lowest BCUT2D eigenvalue weighted by atomic mass is 9.89. The van der Waals surface area contributed by atoms with E-state index in [2.05, 4.69) is 17.4 Å². The van der Waals surface area contributed by atoms with Gasteiger partial charge in [0, 0.05) is 24.6 Å². The summed E-state index contributed by atoms with van der Waals surface area (Å²) in [5.74, 6) is 1.53. The van der Waals surface area contributed by atoms with Crippen LogP contribution >= 0.6 is 0 Å². The van der Waals surface area contributed by atoms with Crippen LogP contribution in [0.3, 0.4) is 0 Å². The molecule has 1 N–H and O–H groups in total. The Morgan fingerprint density at radius 3 is 2.68 bits per heavy atom. The lowest BCUT2D eigenvalue weighted by molar-refractivity contribution is 0.0316. The van der Waals surface area contributed by atoms with Gasteiger partial charge in [0.25, 0.3) is 0 Å². The Balaban J connectivity index is 1.61. The third-order valence-corrected chi connectivity index (χ3v) is 4.16. The second-order valence-electron chi connectivity index (χ2n) is 5.72. The molecule has 1 heterocycles. The highest BCUT2D eigenvalue weighted by Gasteiger charge is 2.31. The number of methoxy groups -OCH3 is 1. The monoisotopic (exact) mass is 261 g/mol. The molecule has 1 aromatic rings. The minimum Gasteiger partial charge on any atom is -0.497 e. The molecule has 0 aromatic heterocycles. The maximum Gasteiger partial charge on any atom is 0.118 e. The first-order chi connectivity index (χ1) is 9.35. The maximum atomic E-state index is 5.67. The number of nitrogens with one attached hydrogen (secondary N) is 1. The Morgan fingerprint density at radius 2 is 2.00 bits per heavy atom. The van der Waals surface area contributed by atoms with Gasteiger partial charge in [0.2, 0.25) is 0 Å². The summed E-state index contributed by atoms with van der Waals surface area (Å²) in [6.45, 7) is 1.79. The van der Waals surface area contributed by atoms with Crippen LogP contribution in [0, 0.1) is 5.92 Å². The minimum atomic E-state index is 0.600. The zero-order valence-electron chi connectivity index (χ0n) is 11.6. The largest absolute Gasteiger partial charge is 0.497 e. The molecule has 0 radical (unpaired) electrons. The maximum absolute atomic E-state index is 5.67. The van der Waals surface area contributed by atoms with E-state index >= 15 is 0 Å². The van der Waals surface area contributed by atoms with E-state index in [4.69, 9.17) is 9.47 Å². The quantitative estimate of drug-likeness (QED) is 0.883. The van der Waals surface area contributed by atoms with Crippen LogP contribution in [0.15, 0.2) is 24.3 Å². The van der Waals surface area contributed by atoms with E-state index in [1.165, 1.54) is 18.4 Å². The SMILES string of the molecule is COc1ccc(C[C@H]2COCC[C@H]2NC2CC2)cc1. The van der Waals surface area contributed by atoms with Crippen LogP contribution in [0.5, 0.6) is 5.75 Å².